The van der Waals surface area contributed by atoms with E-state index in [1.807, 2.05) is 60.7 Å². The van der Waals surface area contributed by atoms with Crippen LogP contribution in [0.5, 0.6) is 5.75 Å². The minimum atomic E-state index is -0.160. The number of ether oxygens (including phenoxy) is 2. The first-order chi connectivity index (χ1) is 19.6. The van der Waals surface area contributed by atoms with Crippen LogP contribution in [0.1, 0.15) is 23.2 Å². The Balaban J connectivity index is 1.28. The summed E-state index contributed by atoms with van der Waals surface area (Å²) in [4.78, 5) is 31.7. The molecule has 2 aliphatic rings. The lowest BCUT2D eigenvalue weighted by molar-refractivity contribution is -0.113. The number of rotatable bonds is 10. The third-order valence-corrected chi connectivity index (χ3v) is 8.21. The molecule has 0 radical (unpaired) electrons. The van der Waals surface area contributed by atoms with E-state index in [1.165, 1.54) is 11.8 Å². The third-order valence-electron chi connectivity index (χ3n) is 7.20. The molecular formula is C31H36N4O4S. The van der Waals surface area contributed by atoms with Crippen molar-refractivity contribution in [1.29, 1.82) is 0 Å². The Kier molecular flexibility index (Phi) is 9.46. The molecule has 40 heavy (non-hydrogen) atoms. The fraction of sp³-hybridized carbons (Fsp3) is 0.355. The van der Waals surface area contributed by atoms with Crippen LogP contribution in [-0.2, 0) is 9.53 Å². The summed E-state index contributed by atoms with van der Waals surface area (Å²) in [6, 6.07) is 23.5. The fourth-order valence-corrected chi connectivity index (χ4v) is 5.84. The van der Waals surface area contributed by atoms with E-state index >= 15 is 0 Å². The summed E-state index contributed by atoms with van der Waals surface area (Å²) in [5.41, 5.74) is 3.10. The van der Waals surface area contributed by atoms with Gasteiger partial charge < -0.3 is 29.9 Å². The van der Waals surface area contributed by atoms with Crippen molar-refractivity contribution in [2.24, 2.45) is 0 Å². The van der Waals surface area contributed by atoms with Crippen LogP contribution < -0.4 is 25.2 Å². The number of para-hydroxylation sites is 2. The third kappa shape index (κ3) is 7.08. The molecule has 0 aliphatic carbocycles. The van der Waals surface area contributed by atoms with E-state index < -0.39 is 0 Å². The van der Waals surface area contributed by atoms with E-state index in [0.29, 0.717) is 17.8 Å². The number of anilines is 3. The van der Waals surface area contributed by atoms with Gasteiger partial charge in [-0.1, -0.05) is 30.3 Å². The second kappa shape index (κ2) is 13.6. The van der Waals surface area contributed by atoms with Crippen LogP contribution in [0.25, 0.3) is 0 Å². The van der Waals surface area contributed by atoms with Crippen molar-refractivity contribution in [2.45, 2.75) is 23.8 Å². The maximum Gasteiger partial charge on any atom is 0.253 e. The van der Waals surface area contributed by atoms with Crippen LogP contribution in [-0.4, -0.2) is 70.1 Å². The van der Waals surface area contributed by atoms with Crippen molar-refractivity contribution in [3.63, 3.8) is 0 Å². The van der Waals surface area contributed by atoms with Gasteiger partial charge in [-0.2, -0.15) is 0 Å². The normalized spacial score (nSPS) is 17.0. The molecule has 1 atom stereocenters. The minimum absolute atomic E-state index is 0.0506. The second-order valence-corrected chi connectivity index (χ2v) is 10.9. The highest BCUT2D eigenvalue weighted by atomic mass is 32.2. The van der Waals surface area contributed by atoms with Gasteiger partial charge >= 0.3 is 0 Å². The molecule has 2 aliphatic heterocycles. The SMILES string of the molecule is COc1ccccc1N1CCN(c2ccc(NC(=O)CSc3ccccc3)cc2C(=O)NCC2CCCO2)CC1. The van der Waals surface area contributed by atoms with Crippen LogP contribution >= 0.6 is 11.8 Å². The molecule has 0 aromatic heterocycles. The number of methoxy groups -OCH3 is 1. The molecule has 2 N–H and O–H groups in total. The number of carbonyl (C=O) groups is 2. The molecule has 8 nitrogen and oxygen atoms in total. The number of thioether (sulfide) groups is 1. The number of hydrogen-bond acceptors (Lipinski definition) is 7. The minimum Gasteiger partial charge on any atom is -0.495 e. The smallest absolute Gasteiger partial charge is 0.253 e. The van der Waals surface area contributed by atoms with Gasteiger partial charge in [-0.3, -0.25) is 9.59 Å². The summed E-state index contributed by atoms with van der Waals surface area (Å²) in [6.07, 6.45) is 2.02. The van der Waals surface area contributed by atoms with E-state index in [4.69, 9.17) is 9.47 Å². The van der Waals surface area contributed by atoms with Gasteiger partial charge in [0, 0.05) is 55.6 Å². The maximum absolute atomic E-state index is 13.4. The van der Waals surface area contributed by atoms with E-state index in [1.54, 1.807) is 13.2 Å². The van der Waals surface area contributed by atoms with Crippen molar-refractivity contribution >= 4 is 40.6 Å². The summed E-state index contributed by atoms with van der Waals surface area (Å²) < 4.78 is 11.3. The lowest BCUT2D eigenvalue weighted by Gasteiger charge is -2.38. The van der Waals surface area contributed by atoms with Gasteiger partial charge in [0.25, 0.3) is 5.91 Å². The molecule has 2 fully saturated rings. The number of piperazine rings is 1. The van der Waals surface area contributed by atoms with Gasteiger partial charge in [0.05, 0.1) is 30.2 Å². The molecule has 5 rings (SSSR count). The van der Waals surface area contributed by atoms with Crippen LogP contribution in [0.15, 0.2) is 77.7 Å². The number of amides is 2. The number of benzene rings is 3. The van der Waals surface area contributed by atoms with Crippen LogP contribution in [0.4, 0.5) is 17.1 Å². The first kappa shape index (κ1) is 27.9. The first-order valence-corrected chi connectivity index (χ1v) is 14.7. The monoisotopic (exact) mass is 560 g/mol. The Bertz CT molecular complexity index is 1290. The zero-order valence-electron chi connectivity index (χ0n) is 22.8. The van der Waals surface area contributed by atoms with Crippen molar-refractivity contribution in [3.8, 4) is 5.75 Å². The molecule has 9 heteroatoms. The lowest BCUT2D eigenvalue weighted by atomic mass is 10.1. The van der Waals surface area contributed by atoms with Gasteiger partial charge in [-0.15, -0.1) is 11.8 Å². The van der Waals surface area contributed by atoms with Gasteiger partial charge in [0.15, 0.2) is 0 Å². The number of carbonyl (C=O) groups excluding carboxylic acids is 2. The number of nitrogens with one attached hydrogen (secondary N) is 2. The fourth-order valence-electron chi connectivity index (χ4n) is 5.12. The summed E-state index contributed by atoms with van der Waals surface area (Å²) >= 11 is 1.48. The highest BCUT2D eigenvalue weighted by Crippen LogP contribution is 2.31. The van der Waals surface area contributed by atoms with E-state index in [9.17, 15) is 9.59 Å². The zero-order chi connectivity index (χ0) is 27.7. The topological polar surface area (TPSA) is 83.1 Å². The molecule has 2 amide bonds. The average molecular weight is 561 g/mol. The predicted octanol–water partition coefficient (Wildman–Crippen LogP) is 4.66. The number of nitrogens with zero attached hydrogens (tertiary/aromatic N) is 2. The molecule has 210 valence electrons. The Hall–Kier alpha value is -3.69. The quantitative estimate of drug-likeness (QED) is 0.349. The highest BCUT2D eigenvalue weighted by Gasteiger charge is 2.25. The van der Waals surface area contributed by atoms with Crippen molar-refractivity contribution < 1.29 is 19.1 Å². The molecule has 3 aromatic carbocycles. The maximum atomic E-state index is 13.4. The molecule has 2 heterocycles. The molecule has 2 saturated heterocycles. The number of hydrogen-bond donors (Lipinski definition) is 2. The summed E-state index contributed by atoms with van der Waals surface area (Å²) in [7, 11) is 1.69. The van der Waals surface area contributed by atoms with Gasteiger partial charge in [0.1, 0.15) is 5.75 Å². The molecule has 0 bridgehead atoms. The summed E-state index contributed by atoms with van der Waals surface area (Å²) in [5, 5.41) is 6.03. The van der Waals surface area contributed by atoms with Crippen molar-refractivity contribution in [3.05, 3.63) is 78.4 Å². The van der Waals surface area contributed by atoms with Gasteiger partial charge in [0.2, 0.25) is 5.91 Å². The van der Waals surface area contributed by atoms with Gasteiger partial charge in [-0.05, 0) is 55.3 Å². The summed E-state index contributed by atoms with van der Waals surface area (Å²) in [5.74, 6) is 0.873. The molecular weight excluding hydrogens is 524 g/mol. The Morgan fingerprint density at radius 2 is 1.68 bits per heavy atom. The van der Waals surface area contributed by atoms with E-state index in [-0.39, 0.29) is 23.7 Å². The highest BCUT2D eigenvalue weighted by molar-refractivity contribution is 8.00. The Morgan fingerprint density at radius 3 is 2.40 bits per heavy atom. The average Bonchev–Trinajstić information content (AvgIpc) is 3.53. The van der Waals surface area contributed by atoms with Crippen molar-refractivity contribution in [1.82, 2.24) is 5.32 Å². The van der Waals surface area contributed by atoms with Gasteiger partial charge in [-0.25, -0.2) is 0 Å². The van der Waals surface area contributed by atoms with Crippen molar-refractivity contribution in [2.75, 3.05) is 67.3 Å². The standard InChI is InChI=1S/C31H36N4O4S/c1-38-29-12-6-5-11-28(29)35-17-15-34(16-18-35)27-14-13-23(33-30(36)22-40-25-9-3-2-4-10-25)20-26(27)31(37)32-21-24-8-7-19-39-24/h2-6,9-14,20,24H,7-8,15-19,21-22H2,1H3,(H,32,37)(H,33,36). The van der Waals surface area contributed by atoms with E-state index in [2.05, 4.69) is 26.5 Å². The first-order valence-electron chi connectivity index (χ1n) is 13.7. The van der Waals surface area contributed by atoms with E-state index in [0.717, 1.165) is 67.6 Å². The summed E-state index contributed by atoms with van der Waals surface area (Å²) in [6.45, 7) is 4.32. The Morgan fingerprint density at radius 1 is 0.950 bits per heavy atom. The molecule has 0 saturated carbocycles. The predicted molar refractivity (Wildman–Crippen MR) is 161 cm³/mol. The van der Waals surface area contributed by atoms with Crippen LogP contribution in [0.2, 0.25) is 0 Å². The second-order valence-electron chi connectivity index (χ2n) is 9.87. The lowest BCUT2D eigenvalue weighted by Crippen LogP contribution is -2.47. The van der Waals surface area contributed by atoms with Crippen LogP contribution in [0.3, 0.4) is 0 Å². The molecule has 0 spiro atoms. The Labute approximate surface area is 240 Å². The molecule has 1 unspecified atom stereocenters. The zero-order valence-corrected chi connectivity index (χ0v) is 23.6. The molecule has 3 aromatic rings. The van der Waals surface area contributed by atoms with Crippen LogP contribution in [0, 0.1) is 0 Å². The largest absolute Gasteiger partial charge is 0.495 e.